The summed E-state index contributed by atoms with van der Waals surface area (Å²) in [5, 5.41) is 4.14. The summed E-state index contributed by atoms with van der Waals surface area (Å²) in [5.41, 5.74) is 2.48. The van der Waals surface area contributed by atoms with Gasteiger partial charge in [-0.3, -0.25) is 10.1 Å². The van der Waals surface area contributed by atoms with Gasteiger partial charge in [-0.1, -0.05) is 29.8 Å². The van der Waals surface area contributed by atoms with Gasteiger partial charge in [0.2, 0.25) is 0 Å². The van der Waals surface area contributed by atoms with E-state index in [1.54, 1.807) is 12.1 Å². The maximum absolute atomic E-state index is 12.7. The van der Waals surface area contributed by atoms with Crippen LogP contribution in [0.1, 0.15) is 40.3 Å². The maximum atomic E-state index is 12.7. The molecule has 0 aliphatic heterocycles. The van der Waals surface area contributed by atoms with E-state index in [-0.39, 0.29) is 12.0 Å². The summed E-state index contributed by atoms with van der Waals surface area (Å²) in [6, 6.07) is 13.1. The predicted molar refractivity (Wildman–Crippen MR) is 119 cm³/mol. The number of carbonyl (C=O) groups is 1. The smallest absolute Gasteiger partial charge is 0.261 e. The van der Waals surface area contributed by atoms with Crippen LogP contribution in [0.5, 0.6) is 5.75 Å². The monoisotopic (exact) mass is 478 g/mol. The van der Waals surface area contributed by atoms with Gasteiger partial charge in [0.15, 0.2) is 5.13 Å². The van der Waals surface area contributed by atoms with Gasteiger partial charge in [-0.05, 0) is 66.5 Å². The van der Waals surface area contributed by atoms with Crippen molar-refractivity contribution in [3.63, 3.8) is 0 Å². The molecular weight excluding hydrogens is 460 g/mol. The normalized spacial score (nSPS) is 10.9. The van der Waals surface area contributed by atoms with Crippen LogP contribution in [0.15, 0.2) is 46.9 Å². The van der Waals surface area contributed by atoms with Gasteiger partial charge < -0.3 is 4.74 Å². The first-order chi connectivity index (χ1) is 13.3. The van der Waals surface area contributed by atoms with Crippen molar-refractivity contribution in [3.8, 4) is 5.75 Å². The summed E-state index contributed by atoms with van der Waals surface area (Å²) >= 11 is 11.1. The van der Waals surface area contributed by atoms with Gasteiger partial charge in [0.05, 0.1) is 22.4 Å². The number of amides is 1. The van der Waals surface area contributed by atoms with Gasteiger partial charge >= 0.3 is 0 Å². The molecule has 1 amide bonds. The van der Waals surface area contributed by atoms with E-state index in [9.17, 15) is 4.79 Å². The molecule has 3 rings (SSSR count). The second kappa shape index (κ2) is 9.07. The van der Waals surface area contributed by atoms with Crippen LogP contribution in [0.2, 0.25) is 5.02 Å². The van der Waals surface area contributed by atoms with E-state index in [0.717, 1.165) is 20.6 Å². The van der Waals surface area contributed by atoms with Crippen molar-refractivity contribution in [2.75, 3.05) is 5.32 Å². The minimum Gasteiger partial charge on any atom is -0.490 e. The van der Waals surface area contributed by atoms with Crippen molar-refractivity contribution in [3.05, 3.63) is 73.7 Å². The molecule has 7 heteroatoms. The highest BCUT2D eigenvalue weighted by atomic mass is 79.9. The molecule has 0 saturated heterocycles. The van der Waals surface area contributed by atoms with E-state index in [2.05, 4.69) is 26.2 Å². The van der Waals surface area contributed by atoms with Crippen LogP contribution in [0.25, 0.3) is 0 Å². The SMILES string of the molecule is Cc1nc(NC(=O)c2ccccc2OC(C)C)sc1Cc1ccc(Br)c(Cl)c1. The lowest BCUT2D eigenvalue weighted by molar-refractivity contribution is 0.102. The van der Waals surface area contributed by atoms with Crippen LogP contribution in [0.4, 0.5) is 5.13 Å². The molecule has 0 fully saturated rings. The molecular formula is C21H20BrClN2O2S. The van der Waals surface area contributed by atoms with Crippen LogP contribution < -0.4 is 10.1 Å². The third-order valence-corrected chi connectivity index (χ3v) is 6.26. The second-order valence-corrected chi connectivity index (χ2v) is 8.91. The molecule has 0 unspecified atom stereocenters. The minimum absolute atomic E-state index is 0.0135. The highest BCUT2D eigenvalue weighted by molar-refractivity contribution is 9.10. The molecule has 0 atom stereocenters. The number of benzene rings is 2. The van der Waals surface area contributed by atoms with Crippen molar-refractivity contribution >= 4 is 49.9 Å². The largest absolute Gasteiger partial charge is 0.490 e. The summed E-state index contributed by atoms with van der Waals surface area (Å²) in [7, 11) is 0. The Kier molecular flexibility index (Phi) is 6.75. The van der Waals surface area contributed by atoms with Crippen LogP contribution in [0.3, 0.4) is 0 Å². The number of para-hydroxylation sites is 1. The molecule has 0 bridgehead atoms. The van der Waals surface area contributed by atoms with E-state index < -0.39 is 0 Å². The molecule has 0 spiro atoms. The van der Waals surface area contributed by atoms with Crippen LogP contribution >= 0.6 is 38.9 Å². The van der Waals surface area contributed by atoms with Gasteiger partial charge in [0, 0.05) is 15.8 Å². The van der Waals surface area contributed by atoms with Crippen molar-refractivity contribution < 1.29 is 9.53 Å². The highest BCUT2D eigenvalue weighted by Crippen LogP contribution is 2.29. The number of rotatable bonds is 6. The fourth-order valence-electron chi connectivity index (χ4n) is 2.66. The van der Waals surface area contributed by atoms with E-state index in [1.165, 1.54) is 11.3 Å². The van der Waals surface area contributed by atoms with Crippen LogP contribution in [-0.4, -0.2) is 17.0 Å². The maximum Gasteiger partial charge on any atom is 0.261 e. The third-order valence-electron chi connectivity index (χ3n) is 3.96. The van der Waals surface area contributed by atoms with Crippen molar-refractivity contribution in [1.82, 2.24) is 4.98 Å². The Balaban J connectivity index is 1.76. The van der Waals surface area contributed by atoms with Gasteiger partial charge in [0.25, 0.3) is 5.91 Å². The Morgan fingerprint density at radius 3 is 2.75 bits per heavy atom. The molecule has 0 aliphatic carbocycles. The molecule has 1 heterocycles. The Morgan fingerprint density at radius 1 is 1.29 bits per heavy atom. The van der Waals surface area contributed by atoms with Gasteiger partial charge in [-0.2, -0.15) is 0 Å². The number of carbonyl (C=O) groups excluding carboxylic acids is 1. The first kappa shape index (κ1) is 20.8. The first-order valence-electron chi connectivity index (χ1n) is 8.80. The Morgan fingerprint density at radius 2 is 2.04 bits per heavy atom. The lowest BCUT2D eigenvalue weighted by Gasteiger charge is -2.13. The van der Waals surface area contributed by atoms with Gasteiger partial charge in [0.1, 0.15) is 5.75 Å². The number of aromatic nitrogens is 1. The molecule has 1 aromatic heterocycles. The Labute approximate surface area is 182 Å². The van der Waals surface area contributed by atoms with E-state index in [1.807, 2.05) is 51.1 Å². The molecule has 3 aromatic rings. The Bertz CT molecular complexity index is 1000. The van der Waals surface area contributed by atoms with Gasteiger partial charge in [-0.25, -0.2) is 4.98 Å². The number of anilines is 1. The molecule has 2 aromatic carbocycles. The Hall–Kier alpha value is -1.89. The fraction of sp³-hybridized carbons (Fsp3) is 0.238. The third kappa shape index (κ3) is 5.13. The van der Waals surface area contributed by atoms with E-state index >= 15 is 0 Å². The zero-order valence-electron chi connectivity index (χ0n) is 15.8. The summed E-state index contributed by atoms with van der Waals surface area (Å²) in [5.74, 6) is 0.330. The number of ether oxygens (including phenoxy) is 1. The predicted octanol–water partition coefficient (Wildman–Crippen LogP) is 6.50. The standard InChI is InChI=1S/C21H20BrClN2O2S/c1-12(2)27-18-7-5-4-6-15(18)20(26)25-21-24-13(3)19(28-21)11-14-8-9-16(22)17(23)10-14/h4-10,12H,11H2,1-3H3,(H,24,25,26). The molecule has 0 radical (unpaired) electrons. The second-order valence-electron chi connectivity index (χ2n) is 6.57. The van der Waals surface area contributed by atoms with Crippen molar-refractivity contribution in [2.24, 2.45) is 0 Å². The van der Waals surface area contributed by atoms with Crippen molar-refractivity contribution in [1.29, 1.82) is 0 Å². The van der Waals surface area contributed by atoms with Crippen LogP contribution in [-0.2, 0) is 6.42 Å². The lowest BCUT2D eigenvalue weighted by atomic mass is 10.1. The zero-order chi connectivity index (χ0) is 20.3. The fourth-order valence-corrected chi connectivity index (χ4v) is 4.10. The van der Waals surface area contributed by atoms with Crippen LogP contribution in [0, 0.1) is 6.92 Å². The average molecular weight is 480 g/mol. The van der Waals surface area contributed by atoms with E-state index in [4.69, 9.17) is 16.3 Å². The summed E-state index contributed by atoms with van der Waals surface area (Å²) in [4.78, 5) is 18.3. The molecule has 1 N–H and O–H groups in total. The first-order valence-corrected chi connectivity index (χ1v) is 10.8. The quantitative estimate of drug-likeness (QED) is 0.439. The highest BCUT2D eigenvalue weighted by Gasteiger charge is 2.16. The van der Waals surface area contributed by atoms with Crippen molar-refractivity contribution in [2.45, 2.75) is 33.3 Å². The summed E-state index contributed by atoms with van der Waals surface area (Å²) < 4.78 is 6.61. The molecule has 4 nitrogen and oxygen atoms in total. The van der Waals surface area contributed by atoms with Gasteiger partial charge in [-0.15, -0.1) is 11.3 Å². The average Bonchev–Trinajstić information content (AvgIpc) is 2.97. The number of nitrogens with zero attached hydrogens (tertiary/aromatic N) is 1. The number of hydrogen-bond acceptors (Lipinski definition) is 4. The molecule has 146 valence electrons. The minimum atomic E-state index is -0.233. The number of halogens is 2. The topological polar surface area (TPSA) is 51.2 Å². The number of hydrogen-bond donors (Lipinski definition) is 1. The molecule has 0 aliphatic rings. The number of aryl methyl sites for hydroxylation is 1. The summed E-state index contributed by atoms with van der Waals surface area (Å²) in [6.45, 7) is 5.80. The summed E-state index contributed by atoms with van der Waals surface area (Å²) in [6.07, 6.45) is 0.694. The molecule has 28 heavy (non-hydrogen) atoms. The number of thiazole rings is 1. The lowest BCUT2D eigenvalue weighted by Crippen LogP contribution is -2.15. The zero-order valence-corrected chi connectivity index (χ0v) is 18.9. The van der Waals surface area contributed by atoms with E-state index in [0.29, 0.717) is 27.9 Å². The molecule has 0 saturated carbocycles. The number of nitrogens with one attached hydrogen (secondary N) is 1.